The number of nitrogens with zero attached hydrogens (tertiary/aromatic N) is 1. The molecule has 1 atom stereocenters. The predicted molar refractivity (Wildman–Crippen MR) is 104 cm³/mol. The number of likely N-dealkylation sites (tertiary alicyclic amines) is 1. The Balaban J connectivity index is 1.95. The van der Waals surface area contributed by atoms with Crippen molar-refractivity contribution in [3.05, 3.63) is 41.9 Å². The molecule has 0 aliphatic carbocycles. The van der Waals surface area contributed by atoms with E-state index in [-0.39, 0.29) is 17.7 Å². The van der Waals surface area contributed by atoms with Crippen LogP contribution < -0.4 is 20.1 Å². The highest BCUT2D eigenvalue weighted by atomic mass is 16.5. The van der Waals surface area contributed by atoms with Crippen LogP contribution in [0.3, 0.4) is 0 Å². The summed E-state index contributed by atoms with van der Waals surface area (Å²) >= 11 is 0. The maximum atomic E-state index is 13.2. The molecule has 1 aromatic heterocycles. The molecule has 0 bridgehead atoms. The molecule has 1 unspecified atom stereocenters. The molecular formula is C20H25N3O5. The van der Waals surface area contributed by atoms with Gasteiger partial charge in [-0.1, -0.05) is 0 Å². The van der Waals surface area contributed by atoms with Gasteiger partial charge in [-0.15, -0.1) is 0 Å². The van der Waals surface area contributed by atoms with E-state index in [0.717, 1.165) is 12.8 Å². The van der Waals surface area contributed by atoms with Gasteiger partial charge in [0.15, 0.2) is 17.3 Å². The van der Waals surface area contributed by atoms with Gasteiger partial charge >= 0.3 is 0 Å². The lowest BCUT2D eigenvalue weighted by atomic mass is 10.0. The fourth-order valence-corrected chi connectivity index (χ4v) is 3.32. The van der Waals surface area contributed by atoms with Crippen molar-refractivity contribution < 1.29 is 23.5 Å². The minimum Gasteiger partial charge on any atom is -0.493 e. The average Bonchev–Trinajstić information content (AvgIpc) is 3.28. The molecule has 0 spiro atoms. The molecule has 1 aliphatic heterocycles. The molecule has 2 heterocycles. The van der Waals surface area contributed by atoms with E-state index in [1.807, 2.05) is 7.05 Å². The van der Waals surface area contributed by atoms with Crippen LogP contribution in [-0.4, -0.2) is 57.1 Å². The molecule has 2 aromatic rings. The zero-order valence-electron chi connectivity index (χ0n) is 16.3. The Morgan fingerprint density at radius 3 is 2.61 bits per heavy atom. The Kier molecular flexibility index (Phi) is 6.20. The number of piperidine rings is 1. The van der Waals surface area contributed by atoms with Gasteiger partial charge in [-0.25, -0.2) is 0 Å². The lowest BCUT2D eigenvalue weighted by Crippen LogP contribution is -2.47. The summed E-state index contributed by atoms with van der Waals surface area (Å²) in [6.45, 7) is 1.27. The third kappa shape index (κ3) is 4.12. The number of hydrogen-bond donors (Lipinski definition) is 2. The maximum Gasteiger partial charge on any atom is 0.291 e. The van der Waals surface area contributed by atoms with Crippen molar-refractivity contribution in [2.24, 2.45) is 0 Å². The number of furan rings is 1. The van der Waals surface area contributed by atoms with Crippen molar-refractivity contribution in [1.29, 1.82) is 0 Å². The smallest absolute Gasteiger partial charge is 0.291 e. The molecular weight excluding hydrogens is 362 g/mol. The van der Waals surface area contributed by atoms with Gasteiger partial charge in [0.05, 0.1) is 31.7 Å². The molecule has 8 heteroatoms. The predicted octanol–water partition coefficient (Wildman–Crippen LogP) is 2.37. The van der Waals surface area contributed by atoms with Crippen LogP contribution in [0.2, 0.25) is 0 Å². The van der Waals surface area contributed by atoms with E-state index < -0.39 is 5.91 Å². The number of amides is 2. The number of nitrogens with one attached hydrogen (secondary N) is 2. The lowest BCUT2D eigenvalue weighted by molar-refractivity contribution is 0.0699. The quantitative estimate of drug-likeness (QED) is 0.791. The highest BCUT2D eigenvalue weighted by Crippen LogP contribution is 2.34. The summed E-state index contributed by atoms with van der Waals surface area (Å²) in [6.07, 6.45) is 3.36. The molecule has 1 aromatic carbocycles. The third-order valence-electron chi connectivity index (χ3n) is 4.86. The number of methoxy groups -OCH3 is 2. The first-order valence-corrected chi connectivity index (χ1v) is 9.14. The van der Waals surface area contributed by atoms with Gasteiger partial charge in [0.1, 0.15) is 0 Å². The Morgan fingerprint density at radius 1 is 1.21 bits per heavy atom. The molecule has 28 heavy (non-hydrogen) atoms. The van der Waals surface area contributed by atoms with Crippen LogP contribution in [0, 0.1) is 0 Å². The molecule has 8 nitrogen and oxygen atoms in total. The van der Waals surface area contributed by atoms with Gasteiger partial charge in [-0.3, -0.25) is 9.59 Å². The molecule has 2 N–H and O–H groups in total. The minimum atomic E-state index is -0.446. The van der Waals surface area contributed by atoms with Crippen LogP contribution in [0.5, 0.6) is 11.5 Å². The van der Waals surface area contributed by atoms with Gasteiger partial charge in [0.2, 0.25) is 0 Å². The third-order valence-corrected chi connectivity index (χ3v) is 4.86. The Bertz CT molecular complexity index is 835. The van der Waals surface area contributed by atoms with E-state index in [0.29, 0.717) is 35.8 Å². The average molecular weight is 387 g/mol. The standard InChI is InChI=1S/C20H25N3O5/c1-21-13-6-4-8-23(12-13)20(25)14-10-17(26-2)18(27-3)11-15(14)22-19(24)16-7-5-9-28-16/h5,7,9-11,13,21H,4,6,8,12H2,1-3H3,(H,22,24). The molecule has 1 aliphatic rings. The topological polar surface area (TPSA) is 93.0 Å². The van der Waals surface area contributed by atoms with Crippen molar-refractivity contribution in [3.63, 3.8) is 0 Å². The summed E-state index contributed by atoms with van der Waals surface area (Å²) in [5, 5.41) is 5.98. The van der Waals surface area contributed by atoms with Crippen LogP contribution in [0.15, 0.2) is 34.9 Å². The van der Waals surface area contributed by atoms with E-state index >= 15 is 0 Å². The monoisotopic (exact) mass is 387 g/mol. The number of likely N-dealkylation sites (N-methyl/N-ethyl adjacent to an activating group) is 1. The highest BCUT2D eigenvalue weighted by Gasteiger charge is 2.27. The number of ether oxygens (including phenoxy) is 2. The second kappa shape index (κ2) is 8.79. The highest BCUT2D eigenvalue weighted by molar-refractivity contribution is 6.08. The van der Waals surface area contributed by atoms with Gasteiger partial charge in [0, 0.05) is 25.2 Å². The van der Waals surface area contributed by atoms with Gasteiger partial charge < -0.3 is 29.4 Å². The normalized spacial score (nSPS) is 16.5. The summed E-state index contributed by atoms with van der Waals surface area (Å²) in [6, 6.07) is 6.62. The summed E-state index contributed by atoms with van der Waals surface area (Å²) in [4.78, 5) is 27.5. The van der Waals surface area contributed by atoms with E-state index in [2.05, 4.69) is 10.6 Å². The maximum absolute atomic E-state index is 13.2. The summed E-state index contributed by atoms with van der Waals surface area (Å²) in [7, 11) is 4.90. The zero-order valence-corrected chi connectivity index (χ0v) is 16.3. The van der Waals surface area contributed by atoms with Crippen molar-refractivity contribution in [3.8, 4) is 11.5 Å². The molecule has 1 saturated heterocycles. The van der Waals surface area contributed by atoms with Crippen molar-refractivity contribution in [1.82, 2.24) is 10.2 Å². The largest absolute Gasteiger partial charge is 0.493 e. The number of carbonyl (C=O) groups is 2. The molecule has 0 saturated carbocycles. The first kappa shape index (κ1) is 19.8. The first-order chi connectivity index (χ1) is 13.6. The van der Waals surface area contributed by atoms with Crippen molar-refractivity contribution >= 4 is 17.5 Å². The van der Waals surface area contributed by atoms with E-state index in [9.17, 15) is 9.59 Å². The number of anilines is 1. The van der Waals surface area contributed by atoms with Crippen LogP contribution >= 0.6 is 0 Å². The number of benzene rings is 1. The first-order valence-electron chi connectivity index (χ1n) is 9.14. The van der Waals surface area contributed by atoms with Gasteiger partial charge in [-0.2, -0.15) is 0 Å². The second-order valence-electron chi connectivity index (χ2n) is 6.56. The summed E-state index contributed by atoms with van der Waals surface area (Å²) in [5.41, 5.74) is 0.685. The fourth-order valence-electron chi connectivity index (χ4n) is 3.32. The lowest BCUT2D eigenvalue weighted by Gasteiger charge is -2.33. The molecule has 0 radical (unpaired) electrons. The number of rotatable bonds is 6. The van der Waals surface area contributed by atoms with Crippen LogP contribution in [0.1, 0.15) is 33.8 Å². The fraction of sp³-hybridized carbons (Fsp3) is 0.400. The van der Waals surface area contributed by atoms with Crippen LogP contribution in [0.4, 0.5) is 5.69 Å². The van der Waals surface area contributed by atoms with Gasteiger partial charge in [-0.05, 0) is 38.1 Å². The van der Waals surface area contributed by atoms with Crippen LogP contribution in [-0.2, 0) is 0 Å². The molecule has 150 valence electrons. The number of carbonyl (C=O) groups excluding carboxylic acids is 2. The van der Waals surface area contributed by atoms with E-state index in [4.69, 9.17) is 13.9 Å². The molecule has 2 amide bonds. The van der Waals surface area contributed by atoms with Crippen molar-refractivity contribution in [2.75, 3.05) is 39.7 Å². The Hall–Kier alpha value is -3.00. The summed E-state index contributed by atoms with van der Waals surface area (Å²) in [5.74, 6) is 0.375. The Labute approximate surface area is 163 Å². The second-order valence-corrected chi connectivity index (χ2v) is 6.56. The van der Waals surface area contributed by atoms with E-state index in [1.54, 1.807) is 29.2 Å². The molecule has 3 rings (SSSR count). The van der Waals surface area contributed by atoms with Gasteiger partial charge in [0.25, 0.3) is 11.8 Å². The van der Waals surface area contributed by atoms with E-state index in [1.165, 1.54) is 20.5 Å². The Morgan fingerprint density at radius 2 is 1.96 bits per heavy atom. The molecule has 1 fully saturated rings. The van der Waals surface area contributed by atoms with Crippen LogP contribution in [0.25, 0.3) is 0 Å². The zero-order chi connectivity index (χ0) is 20.1. The summed E-state index contributed by atoms with van der Waals surface area (Å²) < 4.78 is 15.8. The SMILES string of the molecule is CNC1CCCN(C(=O)c2cc(OC)c(OC)cc2NC(=O)c2ccco2)C1. The minimum absolute atomic E-state index is 0.154. The van der Waals surface area contributed by atoms with Crippen molar-refractivity contribution in [2.45, 2.75) is 18.9 Å². The number of hydrogen-bond acceptors (Lipinski definition) is 6.